The number of hydrogen-bond donors (Lipinski definition) is 2. The Morgan fingerprint density at radius 2 is 1.81 bits per heavy atom. The van der Waals surface area contributed by atoms with E-state index in [4.69, 9.17) is 9.31 Å². The minimum atomic E-state index is -0.293. The Hall–Kier alpha value is -0.875. The Labute approximate surface area is 127 Å². The first-order valence-electron chi connectivity index (χ1n) is 7.79. The molecule has 114 valence electrons. The lowest BCUT2D eigenvalue weighted by Crippen LogP contribution is -2.43. The van der Waals surface area contributed by atoms with Crippen LogP contribution in [0, 0.1) is 0 Å². The van der Waals surface area contributed by atoms with E-state index >= 15 is 0 Å². The van der Waals surface area contributed by atoms with Crippen molar-refractivity contribution in [3.63, 3.8) is 0 Å². The van der Waals surface area contributed by atoms with Crippen molar-refractivity contribution < 1.29 is 9.31 Å². The molecule has 3 rings (SSSR count). The summed E-state index contributed by atoms with van der Waals surface area (Å²) in [5, 5.41) is 6.97. The molecule has 2 aliphatic rings. The van der Waals surface area contributed by atoms with Crippen LogP contribution in [0.5, 0.6) is 0 Å². The molecule has 0 spiro atoms. The highest BCUT2D eigenvalue weighted by Crippen LogP contribution is 2.36. The third kappa shape index (κ3) is 2.88. The molecule has 2 fully saturated rings. The van der Waals surface area contributed by atoms with Gasteiger partial charge in [-0.25, -0.2) is 0 Å². The van der Waals surface area contributed by atoms with Gasteiger partial charge < -0.3 is 19.9 Å². The van der Waals surface area contributed by atoms with Crippen LogP contribution in [0.4, 0.5) is 0 Å². The zero-order valence-corrected chi connectivity index (χ0v) is 13.4. The minimum Gasteiger partial charge on any atom is -0.399 e. The summed E-state index contributed by atoms with van der Waals surface area (Å²) in [7, 11) is -0.286. The van der Waals surface area contributed by atoms with Crippen LogP contribution in [0.15, 0.2) is 24.3 Å². The lowest BCUT2D eigenvalue weighted by Gasteiger charge is -2.32. The van der Waals surface area contributed by atoms with Gasteiger partial charge in [-0.05, 0) is 38.7 Å². The van der Waals surface area contributed by atoms with Crippen molar-refractivity contribution in [3.05, 3.63) is 29.8 Å². The van der Waals surface area contributed by atoms with Gasteiger partial charge in [0.1, 0.15) is 0 Å². The third-order valence-electron chi connectivity index (χ3n) is 4.88. The third-order valence-corrected chi connectivity index (χ3v) is 4.88. The molecule has 4 nitrogen and oxygen atoms in total. The Bertz CT molecular complexity index is 497. The second kappa shape index (κ2) is 5.40. The summed E-state index contributed by atoms with van der Waals surface area (Å²) in [4.78, 5) is 0. The molecule has 0 aliphatic carbocycles. The molecule has 2 aliphatic heterocycles. The molecular weight excluding hydrogens is 263 g/mol. The smallest absolute Gasteiger partial charge is 0.399 e. The molecule has 1 aromatic carbocycles. The van der Waals surface area contributed by atoms with Crippen molar-refractivity contribution in [2.24, 2.45) is 0 Å². The molecule has 2 saturated heterocycles. The lowest BCUT2D eigenvalue weighted by molar-refractivity contribution is 0.00578. The van der Waals surface area contributed by atoms with E-state index in [-0.39, 0.29) is 18.3 Å². The zero-order chi connectivity index (χ0) is 15.1. The van der Waals surface area contributed by atoms with Crippen LogP contribution < -0.4 is 16.1 Å². The predicted octanol–water partition coefficient (Wildman–Crippen LogP) is 1.22. The summed E-state index contributed by atoms with van der Waals surface area (Å²) in [6, 6.07) is 8.90. The normalized spacial score (nSPS) is 27.8. The number of piperazine rings is 1. The van der Waals surface area contributed by atoms with Crippen molar-refractivity contribution in [1.29, 1.82) is 0 Å². The topological polar surface area (TPSA) is 42.5 Å². The highest BCUT2D eigenvalue weighted by atomic mass is 16.7. The molecule has 0 radical (unpaired) electrons. The van der Waals surface area contributed by atoms with Gasteiger partial charge in [0.05, 0.1) is 11.2 Å². The highest BCUT2D eigenvalue weighted by molar-refractivity contribution is 6.62. The van der Waals surface area contributed by atoms with Crippen LogP contribution in [0.3, 0.4) is 0 Å². The Kier molecular flexibility index (Phi) is 3.86. The second-order valence-corrected chi connectivity index (χ2v) is 6.97. The van der Waals surface area contributed by atoms with E-state index in [0.717, 1.165) is 25.1 Å². The predicted molar refractivity (Wildman–Crippen MR) is 85.8 cm³/mol. The minimum absolute atomic E-state index is 0.286. The van der Waals surface area contributed by atoms with E-state index in [1.54, 1.807) is 0 Å². The molecule has 0 aromatic heterocycles. The lowest BCUT2D eigenvalue weighted by atomic mass is 9.78. The van der Waals surface area contributed by atoms with Gasteiger partial charge in [-0.2, -0.15) is 0 Å². The van der Waals surface area contributed by atoms with Gasteiger partial charge >= 0.3 is 7.12 Å². The van der Waals surface area contributed by atoms with Crippen molar-refractivity contribution >= 4 is 12.6 Å². The molecule has 2 N–H and O–H groups in total. The summed E-state index contributed by atoms with van der Waals surface area (Å²) in [6.45, 7) is 11.4. The van der Waals surface area contributed by atoms with E-state index in [1.807, 2.05) is 0 Å². The summed E-state index contributed by atoms with van der Waals surface area (Å²) < 4.78 is 12.3. The van der Waals surface area contributed by atoms with Crippen LogP contribution in [-0.2, 0) is 9.31 Å². The van der Waals surface area contributed by atoms with Gasteiger partial charge in [-0.1, -0.05) is 24.3 Å². The Morgan fingerprint density at radius 1 is 1.10 bits per heavy atom. The van der Waals surface area contributed by atoms with Crippen molar-refractivity contribution in [3.8, 4) is 0 Å². The van der Waals surface area contributed by atoms with Gasteiger partial charge in [0.2, 0.25) is 0 Å². The quantitative estimate of drug-likeness (QED) is 0.803. The van der Waals surface area contributed by atoms with Crippen LogP contribution >= 0.6 is 0 Å². The van der Waals surface area contributed by atoms with Crippen molar-refractivity contribution in [2.75, 3.05) is 19.6 Å². The van der Waals surface area contributed by atoms with Gasteiger partial charge in [-0.3, -0.25) is 0 Å². The largest absolute Gasteiger partial charge is 0.494 e. The first-order chi connectivity index (χ1) is 9.89. The van der Waals surface area contributed by atoms with Gasteiger partial charge in [0.25, 0.3) is 0 Å². The molecule has 2 heterocycles. The number of nitrogens with one attached hydrogen (secondary N) is 2. The van der Waals surface area contributed by atoms with Crippen LogP contribution in [0.2, 0.25) is 0 Å². The molecule has 0 bridgehead atoms. The van der Waals surface area contributed by atoms with E-state index in [1.165, 1.54) is 5.56 Å². The maximum absolute atomic E-state index is 6.13. The van der Waals surface area contributed by atoms with Gasteiger partial charge in [0.15, 0.2) is 0 Å². The summed E-state index contributed by atoms with van der Waals surface area (Å²) >= 11 is 0. The highest BCUT2D eigenvalue weighted by Gasteiger charge is 2.51. The molecule has 5 heteroatoms. The second-order valence-electron chi connectivity index (χ2n) is 6.97. The monoisotopic (exact) mass is 288 g/mol. The van der Waals surface area contributed by atoms with Gasteiger partial charge in [-0.15, -0.1) is 0 Å². The summed E-state index contributed by atoms with van der Waals surface area (Å²) in [6.07, 6.45) is 0. The van der Waals surface area contributed by atoms with Crippen molar-refractivity contribution in [1.82, 2.24) is 10.6 Å². The molecule has 1 unspecified atom stereocenters. The number of rotatable bonds is 2. The Morgan fingerprint density at radius 3 is 2.43 bits per heavy atom. The zero-order valence-electron chi connectivity index (χ0n) is 13.4. The van der Waals surface area contributed by atoms with E-state index in [9.17, 15) is 0 Å². The SMILES string of the molecule is CC1(C)OB(c2cccc(C3CNCCN3)c2)OC1(C)C. The average molecular weight is 288 g/mol. The standard InChI is InChI=1S/C16H25BN2O2/c1-15(2)16(3,4)21-17(20-15)13-7-5-6-12(10-13)14-11-18-8-9-19-14/h5-7,10,14,18-19H,8-9,11H2,1-4H3. The molecular formula is C16H25BN2O2. The van der Waals surface area contributed by atoms with Crippen LogP contribution in [0.1, 0.15) is 39.3 Å². The fourth-order valence-electron chi connectivity index (χ4n) is 2.79. The first kappa shape index (κ1) is 15.0. The number of hydrogen-bond acceptors (Lipinski definition) is 4. The summed E-state index contributed by atoms with van der Waals surface area (Å²) in [5.74, 6) is 0. The average Bonchev–Trinajstić information content (AvgIpc) is 2.69. The van der Waals surface area contributed by atoms with Crippen LogP contribution in [-0.4, -0.2) is 38.0 Å². The fraction of sp³-hybridized carbons (Fsp3) is 0.625. The molecule has 1 atom stereocenters. The maximum Gasteiger partial charge on any atom is 0.494 e. The number of benzene rings is 1. The van der Waals surface area contributed by atoms with Crippen LogP contribution in [0.25, 0.3) is 0 Å². The Balaban J connectivity index is 1.81. The summed E-state index contributed by atoms with van der Waals surface area (Å²) in [5.41, 5.74) is 1.80. The van der Waals surface area contributed by atoms with Gasteiger partial charge in [0, 0.05) is 25.7 Å². The first-order valence-corrected chi connectivity index (χ1v) is 7.79. The maximum atomic E-state index is 6.13. The van der Waals surface area contributed by atoms with Crippen molar-refractivity contribution in [2.45, 2.75) is 44.9 Å². The van der Waals surface area contributed by atoms with E-state index in [2.05, 4.69) is 62.6 Å². The fourth-order valence-corrected chi connectivity index (χ4v) is 2.79. The molecule has 21 heavy (non-hydrogen) atoms. The van der Waals surface area contributed by atoms with E-state index in [0.29, 0.717) is 6.04 Å². The molecule has 0 amide bonds. The van der Waals surface area contributed by atoms with E-state index < -0.39 is 0 Å². The molecule has 0 saturated carbocycles. The molecule has 1 aromatic rings.